The van der Waals surface area contributed by atoms with Crippen LogP contribution >= 0.6 is 11.8 Å². The van der Waals surface area contributed by atoms with Crippen LogP contribution in [-0.4, -0.2) is 43.1 Å². The molecule has 3 N–H and O–H groups in total. The Balaban J connectivity index is 3.09. The largest absolute Gasteiger partial charge is 0.493 e. The van der Waals surface area contributed by atoms with Crippen LogP contribution in [0.1, 0.15) is 12.5 Å². The van der Waals surface area contributed by atoms with Crippen LogP contribution in [-0.2, 0) is 6.42 Å². The molecular formula is C13H21NO4S. The Morgan fingerprint density at radius 1 is 1.26 bits per heavy atom. The van der Waals surface area contributed by atoms with Crippen LogP contribution in [0.15, 0.2) is 17.0 Å². The van der Waals surface area contributed by atoms with E-state index in [4.69, 9.17) is 9.47 Å². The fourth-order valence-electron chi connectivity index (χ4n) is 1.87. The van der Waals surface area contributed by atoms with Gasteiger partial charge in [-0.1, -0.05) is 6.92 Å². The second kappa shape index (κ2) is 7.00. The van der Waals surface area contributed by atoms with E-state index < -0.39 is 5.91 Å². The van der Waals surface area contributed by atoms with Crippen molar-refractivity contribution in [3.63, 3.8) is 0 Å². The van der Waals surface area contributed by atoms with E-state index in [1.54, 1.807) is 20.3 Å². The zero-order valence-corrected chi connectivity index (χ0v) is 12.5. The molecule has 0 atom stereocenters. The van der Waals surface area contributed by atoms with Crippen molar-refractivity contribution in [2.24, 2.45) is 0 Å². The molecule has 0 saturated carbocycles. The zero-order valence-electron chi connectivity index (χ0n) is 11.7. The molecule has 108 valence electrons. The maximum Gasteiger partial charge on any atom is 0.226 e. The third kappa shape index (κ3) is 4.28. The zero-order chi connectivity index (χ0) is 14.5. The van der Waals surface area contributed by atoms with Gasteiger partial charge in [0.25, 0.3) is 0 Å². The average Bonchev–Trinajstić information content (AvgIpc) is 2.36. The van der Waals surface area contributed by atoms with Crippen LogP contribution < -0.4 is 14.8 Å². The maximum atomic E-state index is 9.79. The third-order valence-electron chi connectivity index (χ3n) is 2.64. The molecule has 0 fully saturated rings. The van der Waals surface area contributed by atoms with Gasteiger partial charge < -0.3 is 19.7 Å². The minimum absolute atomic E-state index is 0.0642. The van der Waals surface area contributed by atoms with Crippen LogP contribution in [0.4, 0.5) is 0 Å². The molecule has 1 aromatic carbocycles. The molecule has 5 nitrogen and oxygen atoms in total. The molecule has 0 spiro atoms. The summed E-state index contributed by atoms with van der Waals surface area (Å²) in [6.45, 7) is 2.28. The second-order valence-electron chi connectivity index (χ2n) is 4.06. The van der Waals surface area contributed by atoms with Crippen molar-refractivity contribution in [2.45, 2.75) is 24.2 Å². The van der Waals surface area contributed by atoms with Gasteiger partial charge in [-0.05, 0) is 30.5 Å². The molecule has 0 aromatic heterocycles. The van der Waals surface area contributed by atoms with Crippen LogP contribution in [0, 0.1) is 0 Å². The number of thioether (sulfide) groups is 1. The first-order chi connectivity index (χ1) is 8.97. The predicted molar refractivity (Wildman–Crippen MR) is 75.9 cm³/mol. The minimum Gasteiger partial charge on any atom is -0.493 e. The van der Waals surface area contributed by atoms with E-state index in [0.717, 1.165) is 10.5 Å². The predicted octanol–water partition coefficient (Wildman–Crippen LogP) is 1.22. The van der Waals surface area contributed by atoms with Gasteiger partial charge in [-0.25, -0.2) is 0 Å². The topological polar surface area (TPSA) is 71.0 Å². The third-order valence-corrected chi connectivity index (χ3v) is 3.38. The van der Waals surface area contributed by atoms with Crippen molar-refractivity contribution in [3.05, 3.63) is 17.7 Å². The summed E-state index contributed by atoms with van der Waals surface area (Å²) in [7, 11) is 3.14. The Hall–Kier alpha value is -0.950. The summed E-state index contributed by atoms with van der Waals surface area (Å²) in [6, 6.07) is 3.61. The number of hydrogen-bond acceptors (Lipinski definition) is 6. The van der Waals surface area contributed by atoms with Crippen molar-refractivity contribution in [2.75, 3.05) is 27.0 Å². The lowest BCUT2D eigenvalue weighted by Crippen LogP contribution is -2.46. The molecule has 0 unspecified atom stereocenters. The van der Waals surface area contributed by atoms with Gasteiger partial charge in [-0.3, -0.25) is 5.32 Å². The highest BCUT2D eigenvalue weighted by Crippen LogP contribution is 2.38. The van der Waals surface area contributed by atoms with E-state index in [-0.39, 0.29) is 6.42 Å². The maximum absolute atomic E-state index is 9.79. The highest BCUT2D eigenvalue weighted by atomic mass is 32.2. The summed E-state index contributed by atoms with van der Waals surface area (Å²) >= 11 is 1.51. The van der Waals surface area contributed by atoms with E-state index in [2.05, 4.69) is 5.32 Å². The number of benzene rings is 1. The Kier molecular flexibility index (Phi) is 5.93. The van der Waals surface area contributed by atoms with Crippen molar-refractivity contribution >= 4 is 11.8 Å². The molecule has 0 saturated heterocycles. The van der Waals surface area contributed by atoms with E-state index in [9.17, 15) is 10.2 Å². The Bertz CT molecular complexity index is 398. The summed E-state index contributed by atoms with van der Waals surface area (Å²) in [6.07, 6.45) is 1.99. The van der Waals surface area contributed by atoms with Gasteiger partial charge in [0.05, 0.1) is 19.1 Å². The molecule has 6 heteroatoms. The van der Waals surface area contributed by atoms with Crippen LogP contribution in [0.2, 0.25) is 0 Å². The normalized spacial score (nSPS) is 11.5. The number of nitrogens with one attached hydrogen (secondary N) is 1. The molecule has 0 heterocycles. The first kappa shape index (κ1) is 16.1. The Morgan fingerprint density at radius 3 is 2.42 bits per heavy atom. The highest BCUT2D eigenvalue weighted by Gasteiger charge is 2.23. The summed E-state index contributed by atoms with van der Waals surface area (Å²) in [4.78, 5) is 0.893. The van der Waals surface area contributed by atoms with Gasteiger partial charge in [0.2, 0.25) is 5.91 Å². The first-order valence-electron chi connectivity index (χ1n) is 5.96. The number of ether oxygens (including phenoxy) is 2. The van der Waals surface area contributed by atoms with E-state index >= 15 is 0 Å². The molecule has 0 bridgehead atoms. The molecule has 0 aliphatic rings. The summed E-state index contributed by atoms with van der Waals surface area (Å²) in [5.41, 5.74) is 0.757. The summed E-state index contributed by atoms with van der Waals surface area (Å²) < 4.78 is 10.6. The SMILES string of the molecule is CCNC(O)(O)Cc1cc(OC)c(OC)c(SC)c1. The van der Waals surface area contributed by atoms with Crippen LogP contribution in [0.5, 0.6) is 11.5 Å². The molecule has 0 aliphatic carbocycles. The highest BCUT2D eigenvalue weighted by molar-refractivity contribution is 7.98. The van der Waals surface area contributed by atoms with Gasteiger partial charge >= 0.3 is 0 Å². The van der Waals surface area contributed by atoms with Crippen molar-refractivity contribution < 1.29 is 19.7 Å². The first-order valence-corrected chi connectivity index (χ1v) is 7.18. The fourth-order valence-corrected chi connectivity index (χ4v) is 2.51. The number of methoxy groups -OCH3 is 2. The van der Waals surface area contributed by atoms with Crippen molar-refractivity contribution in [1.29, 1.82) is 0 Å². The standard InChI is InChI=1S/C13H21NO4S/c1-5-14-13(15,16)8-9-6-10(17-2)12(18-3)11(7-9)19-4/h6-7,14-16H,5,8H2,1-4H3. The number of aliphatic hydroxyl groups is 2. The van der Waals surface area contributed by atoms with E-state index in [1.165, 1.54) is 11.8 Å². The van der Waals surface area contributed by atoms with Crippen molar-refractivity contribution in [1.82, 2.24) is 5.32 Å². The van der Waals surface area contributed by atoms with Crippen molar-refractivity contribution in [3.8, 4) is 11.5 Å². The molecule has 1 rings (SSSR count). The second-order valence-corrected chi connectivity index (χ2v) is 4.91. The summed E-state index contributed by atoms with van der Waals surface area (Å²) in [5.74, 6) is -0.690. The lowest BCUT2D eigenvalue weighted by atomic mass is 10.1. The Labute approximate surface area is 117 Å². The van der Waals surface area contributed by atoms with Gasteiger partial charge in [-0.2, -0.15) is 0 Å². The number of likely N-dealkylation sites (N-methyl/N-ethyl adjacent to an activating group) is 1. The lowest BCUT2D eigenvalue weighted by molar-refractivity contribution is -0.182. The van der Waals surface area contributed by atoms with Gasteiger partial charge in [-0.15, -0.1) is 11.8 Å². The number of hydrogen-bond donors (Lipinski definition) is 3. The van der Waals surface area contributed by atoms with Crippen LogP contribution in [0.3, 0.4) is 0 Å². The quantitative estimate of drug-likeness (QED) is 0.517. The average molecular weight is 287 g/mol. The smallest absolute Gasteiger partial charge is 0.226 e. The van der Waals surface area contributed by atoms with E-state index in [0.29, 0.717) is 18.0 Å². The van der Waals surface area contributed by atoms with Gasteiger partial charge in [0.1, 0.15) is 0 Å². The van der Waals surface area contributed by atoms with E-state index in [1.807, 2.05) is 19.2 Å². The molecule has 19 heavy (non-hydrogen) atoms. The fraction of sp³-hybridized carbons (Fsp3) is 0.538. The molecule has 0 radical (unpaired) electrons. The molecule has 0 aliphatic heterocycles. The lowest BCUT2D eigenvalue weighted by Gasteiger charge is -2.23. The molecular weight excluding hydrogens is 266 g/mol. The summed E-state index contributed by atoms with van der Waals surface area (Å²) in [5, 5.41) is 22.2. The van der Waals surface area contributed by atoms with Crippen LogP contribution in [0.25, 0.3) is 0 Å². The molecule has 1 aromatic rings. The minimum atomic E-state index is -1.93. The number of rotatable bonds is 7. The monoisotopic (exact) mass is 287 g/mol. The van der Waals surface area contributed by atoms with Gasteiger partial charge in [0.15, 0.2) is 11.5 Å². The molecule has 0 amide bonds. The Morgan fingerprint density at radius 2 is 1.95 bits per heavy atom. The van der Waals surface area contributed by atoms with Gasteiger partial charge in [0, 0.05) is 6.42 Å².